The summed E-state index contributed by atoms with van der Waals surface area (Å²) in [5, 5.41) is 15.8. The van der Waals surface area contributed by atoms with E-state index in [2.05, 4.69) is 41.5 Å². The summed E-state index contributed by atoms with van der Waals surface area (Å²) in [5.74, 6) is 0. The number of aryl methyl sites for hydroxylation is 1. The summed E-state index contributed by atoms with van der Waals surface area (Å²) in [7, 11) is 1.93. The maximum atomic E-state index is 11.3. The fourth-order valence-electron chi connectivity index (χ4n) is 3.93. The van der Waals surface area contributed by atoms with Crippen LogP contribution in [0.5, 0.6) is 0 Å². The predicted molar refractivity (Wildman–Crippen MR) is 116 cm³/mol. The number of carbonyl (C=O) groups is 1. The molecule has 1 aliphatic heterocycles. The van der Waals surface area contributed by atoms with Gasteiger partial charge in [0.25, 0.3) is 0 Å². The Hall–Kier alpha value is -3.19. The van der Waals surface area contributed by atoms with E-state index >= 15 is 0 Å². The highest BCUT2D eigenvalue weighted by atomic mass is 32.1. The number of hydrogen-bond acceptors (Lipinski definition) is 4. The zero-order valence-electron chi connectivity index (χ0n) is 16.2. The van der Waals surface area contributed by atoms with Gasteiger partial charge in [-0.2, -0.15) is 5.10 Å². The Bertz CT molecular complexity index is 1290. The van der Waals surface area contributed by atoms with E-state index in [0.29, 0.717) is 13.0 Å². The Morgan fingerprint density at radius 3 is 2.69 bits per heavy atom. The lowest BCUT2D eigenvalue weighted by molar-refractivity contribution is 0.136. The Labute approximate surface area is 171 Å². The maximum Gasteiger partial charge on any atom is 0.407 e. The molecule has 0 saturated carbocycles. The molecule has 1 atom stereocenters. The highest BCUT2D eigenvalue weighted by molar-refractivity contribution is 7.19. The zero-order valence-corrected chi connectivity index (χ0v) is 17.0. The molecule has 0 fully saturated rings. The van der Waals surface area contributed by atoms with Gasteiger partial charge in [0, 0.05) is 25.2 Å². The highest BCUT2D eigenvalue weighted by Gasteiger charge is 2.24. The summed E-state index contributed by atoms with van der Waals surface area (Å²) in [6.07, 6.45) is 3.87. The Morgan fingerprint density at radius 1 is 1.17 bits per heavy atom. The van der Waals surface area contributed by atoms with Crippen molar-refractivity contribution in [1.29, 1.82) is 0 Å². The average Bonchev–Trinajstić information content (AvgIpc) is 3.28. The van der Waals surface area contributed by atoms with Gasteiger partial charge in [-0.3, -0.25) is 4.68 Å². The number of carboxylic acid groups (broad SMARTS) is 1. The summed E-state index contributed by atoms with van der Waals surface area (Å²) in [4.78, 5) is 17.5. The van der Waals surface area contributed by atoms with E-state index in [9.17, 15) is 9.90 Å². The summed E-state index contributed by atoms with van der Waals surface area (Å²) >= 11 is 1.67. The monoisotopic (exact) mass is 404 g/mol. The second kappa shape index (κ2) is 6.70. The lowest BCUT2D eigenvalue weighted by Crippen LogP contribution is -2.39. The fourth-order valence-corrected chi connectivity index (χ4v) is 4.98. The van der Waals surface area contributed by atoms with E-state index in [4.69, 9.17) is 4.98 Å². The van der Waals surface area contributed by atoms with Crippen LogP contribution in [-0.4, -0.2) is 43.5 Å². The van der Waals surface area contributed by atoms with E-state index in [1.54, 1.807) is 11.3 Å². The van der Waals surface area contributed by atoms with Gasteiger partial charge in [-0.1, -0.05) is 18.2 Å². The van der Waals surface area contributed by atoms with Crippen LogP contribution in [0.2, 0.25) is 0 Å². The third-order valence-electron chi connectivity index (χ3n) is 5.42. The van der Waals surface area contributed by atoms with Crippen molar-refractivity contribution in [2.24, 2.45) is 7.05 Å². The molecule has 5 rings (SSSR count). The predicted octanol–water partition coefficient (Wildman–Crippen LogP) is 5.01. The van der Waals surface area contributed by atoms with Gasteiger partial charge < -0.3 is 10.0 Å². The second-order valence-electron chi connectivity index (χ2n) is 7.44. The molecule has 0 saturated heterocycles. The van der Waals surface area contributed by atoms with Gasteiger partial charge in [0.05, 0.1) is 21.8 Å². The van der Waals surface area contributed by atoms with Gasteiger partial charge in [-0.25, -0.2) is 9.78 Å². The van der Waals surface area contributed by atoms with Gasteiger partial charge in [-0.05, 0) is 54.3 Å². The van der Waals surface area contributed by atoms with Crippen LogP contribution in [0.1, 0.15) is 18.4 Å². The minimum Gasteiger partial charge on any atom is -0.465 e. The van der Waals surface area contributed by atoms with Crippen molar-refractivity contribution in [3.63, 3.8) is 0 Å². The molecule has 2 aromatic heterocycles. The van der Waals surface area contributed by atoms with Crippen LogP contribution in [0.15, 0.2) is 48.7 Å². The van der Waals surface area contributed by atoms with Crippen LogP contribution in [0.25, 0.3) is 37.8 Å². The first-order valence-electron chi connectivity index (χ1n) is 9.53. The SMILES string of the molecule is CC1C=C(c2nc3ccc(-c4ccc5nn(C)cc5c4)cc3s2)CCN1C(=O)O. The van der Waals surface area contributed by atoms with Gasteiger partial charge in [0.15, 0.2) is 0 Å². The zero-order chi connectivity index (χ0) is 20.1. The molecule has 0 bridgehead atoms. The van der Waals surface area contributed by atoms with Crippen molar-refractivity contribution in [3.05, 3.63) is 53.7 Å². The molecule has 146 valence electrons. The summed E-state index contributed by atoms with van der Waals surface area (Å²) in [6.45, 7) is 2.42. The number of rotatable bonds is 2. The molecule has 29 heavy (non-hydrogen) atoms. The molecule has 3 heterocycles. The molecule has 0 radical (unpaired) electrons. The Kier molecular flexibility index (Phi) is 4.13. The van der Waals surface area contributed by atoms with Crippen molar-refractivity contribution in [3.8, 4) is 11.1 Å². The molecule has 2 aromatic carbocycles. The molecule has 4 aromatic rings. The fraction of sp³-hybridized carbons (Fsp3) is 0.227. The van der Waals surface area contributed by atoms with Gasteiger partial charge >= 0.3 is 6.09 Å². The number of hydrogen-bond donors (Lipinski definition) is 1. The maximum absolute atomic E-state index is 11.3. The molecule has 1 amide bonds. The van der Waals surface area contributed by atoms with Gasteiger partial charge in [0.1, 0.15) is 5.01 Å². The Balaban J connectivity index is 1.50. The highest BCUT2D eigenvalue weighted by Crippen LogP contribution is 2.34. The van der Waals surface area contributed by atoms with Crippen molar-refractivity contribution in [2.75, 3.05) is 6.54 Å². The van der Waals surface area contributed by atoms with E-state index in [1.165, 1.54) is 4.90 Å². The number of benzene rings is 2. The van der Waals surface area contributed by atoms with Crippen LogP contribution >= 0.6 is 11.3 Å². The van der Waals surface area contributed by atoms with Crippen LogP contribution in [0.3, 0.4) is 0 Å². The molecule has 1 N–H and O–H groups in total. The number of nitrogens with zero attached hydrogens (tertiary/aromatic N) is 4. The van der Waals surface area contributed by atoms with Crippen molar-refractivity contribution in [2.45, 2.75) is 19.4 Å². The average molecular weight is 404 g/mol. The van der Waals surface area contributed by atoms with Crippen molar-refractivity contribution in [1.82, 2.24) is 19.7 Å². The third-order valence-corrected chi connectivity index (χ3v) is 6.51. The first-order chi connectivity index (χ1) is 14.0. The van der Waals surface area contributed by atoms with E-state index in [0.717, 1.165) is 42.8 Å². The molecule has 7 heteroatoms. The van der Waals surface area contributed by atoms with Crippen LogP contribution in [0, 0.1) is 0 Å². The van der Waals surface area contributed by atoms with E-state index in [-0.39, 0.29) is 6.04 Å². The largest absolute Gasteiger partial charge is 0.465 e. The lowest BCUT2D eigenvalue weighted by Gasteiger charge is -2.29. The topological polar surface area (TPSA) is 71.2 Å². The van der Waals surface area contributed by atoms with Gasteiger partial charge in [-0.15, -0.1) is 11.3 Å². The minimum atomic E-state index is -0.868. The van der Waals surface area contributed by atoms with Crippen molar-refractivity contribution < 1.29 is 9.90 Å². The van der Waals surface area contributed by atoms with Crippen LogP contribution in [-0.2, 0) is 7.05 Å². The van der Waals surface area contributed by atoms with Crippen LogP contribution in [0.4, 0.5) is 4.79 Å². The number of aromatic nitrogens is 3. The Morgan fingerprint density at radius 2 is 1.93 bits per heavy atom. The molecular weight excluding hydrogens is 384 g/mol. The van der Waals surface area contributed by atoms with Crippen molar-refractivity contribution >= 4 is 44.1 Å². The molecule has 1 aliphatic rings. The van der Waals surface area contributed by atoms with Gasteiger partial charge in [0.2, 0.25) is 0 Å². The number of amides is 1. The summed E-state index contributed by atoms with van der Waals surface area (Å²) < 4.78 is 2.97. The smallest absolute Gasteiger partial charge is 0.407 e. The normalized spacial score (nSPS) is 17.1. The minimum absolute atomic E-state index is 0.134. The molecule has 6 nitrogen and oxygen atoms in total. The molecule has 1 unspecified atom stereocenters. The number of fused-ring (bicyclic) bond motifs is 2. The number of thiazole rings is 1. The standard InChI is InChI=1S/C22H20N4O2S/c1-13-9-16(7-8-26(13)22(27)28)21-23-19-6-4-15(11-20(19)29-21)14-3-5-18-17(10-14)12-25(2)24-18/h3-6,9-13H,7-8H2,1-2H3,(H,27,28). The lowest BCUT2D eigenvalue weighted by atomic mass is 10.0. The summed E-state index contributed by atoms with van der Waals surface area (Å²) in [5.41, 5.74) is 5.41. The van der Waals surface area contributed by atoms with Crippen LogP contribution < -0.4 is 0 Å². The quantitative estimate of drug-likeness (QED) is 0.510. The van der Waals surface area contributed by atoms with E-state index in [1.807, 2.05) is 30.9 Å². The molecular formula is C22H20N4O2S. The first kappa shape index (κ1) is 17.9. The third kappa shape index (κ3) is 3.17. The first-order valence-corrected chi connectivity index (χ1v) is 10.3. The molecule has 0 aliphatic carbocycles. The summed E-state index contributed by atoms with van der Waals surface area (Å²) in [6, 6.07) is 12.5. The second-order valence-corrected chi connectivity index (χ2v) is 8.47. The molecule has 0 spiro atoms. The van der Waals surface area contributed by atoms with E-state index < -0.39 is 6.09 Å².